The highest BCUT2D eigenvalue weighted by Crippen LogP contribution is 2.55. The van der Waals surface area contributed by atoms with Gasteiger partial charge in [0.1, 0.15) is 0 Å². The first kappa shape index (κ1) is 32.8. The normalized spacial score (nSPS) is 13.4. The Balaban J connectivity index is 1.07. The zero-order valence-corrected chi connectivity index (χ0v) is 33.0. The largest absolute Gasteiger partial charge is 0.0616 e. The van der Waals surface area contributed by atoms with E-state index in [9.17, 15) is 0 Å². The highest BCUT2D eigenvalue weighted by Gasteiger charge is 2.37. The molecule has 59 heavy (non-hydrogen) atoms. The van der Waals surface area contributed by atoms with Gasteiger partial charge in [-0.2, -0.15) is 0 Å². The SMILES string of the molecule is CC1(C)c2cc(-c3ccc4c5c(cccc35)-c3ccccc3-4)ccc2-c2cc3c(-c4ccc5ccccc5c4)c4ccccc4c(-c4ccc5ccccc5c4)c3cc21. The van der Waals surface area contributed by atoms with Gasteiger partial charge in [0, 0.05) is 5.41 Å². The van der Waals surface area contributed by atoms with Crippen LogP contribution in [0.4, 0.5) is 0 Å². The summed E-state index contributed by atoms with van der Waals surface area (Å²) in [5.74, 6) is 0. The Morgan fingerprint density at radius 1 is 0.271 bits per heavy atom. The standard InChI is InChI=1S/C59H38/c1-59(2)54-32-39(42-28-29-50-44-17-8-7-16-43(44)47-21-11-20-46(42)58(47)50)26-27-45(54)51-33-52-53(34-55(51)59)57(41-25-23-36-13-4-6-15-38(36)31-41)49-19-10-9-18-48(49)56(52)40-24-22-35-12-3-5-14-37(35)30-40/h3-34H,1-2H3. The average molecular weight is 747 g/mol. The molecule has 0 aliphatic heterocycles. The van der Waals surface area contributed by atoms with E-state index in [1.165, 1.54) is 132 Å². The fourth-order valence-corrected chi connectivity index (χ4v) is 10.9. The van der Waals surface area contributed by atoms with E-state index in [1.807, 2.05) is 0 Å². The van der Waals surface area contributed by atoms with E-state index in [4.69, 9.17) is 0 Å². The van der Waals surface area contributed by atoms with E-state index in [0.717, 1.165) is 0 Å². The van der Waals surface area contributed by atoms with Gasteiger partial charge in [-0.15, -0.1) is 0 Å². The van der Waals surface area contributed by atoms with Crippen molar-refractivity contribution in [3.05, 3.63) is 205 Å². The van der Waals surface area contributed by atoms with Crippen LogP contribution in [0.3, 0.4) is 0 Å². The van der Waals surface area contributed by atoms with Crippen molar-refractivity contribution < 1.29 is 0 Å². The van der Waals surface area contributed by atoms with E-state index in [2.05, 4.69) is 208 Å². The van der Waals surface area contributed by atoms with Crippen LogP contribution in [-0.2, 0) is 5.41 Å². The van der Waals surface area contributed by atoms with Crippen molar-refractivity contribution in [1.29, 1.82) is 0 Å². The molecule has 0 atom stereocenters. The summed E-state index contributed by atoms with van der Waals surface area (Å²) in [6.45, 7) is 4.86. The van der Waals surface area contributed by atoms with Crippen LogP contribution in [0.5, 0.6) is 0 Å². The molecule has 13 rings (SSSR count). The summed E-state index contributed by atoms with van der Waals surface area (Å²) in [6.07, 6.45) is 0. The molecule has 11 aromatic rings. The number of hydrogen-bond acceptors (Lipinski definition) is 0. The molecule has 2 aliphatic rings. The highest BCUT2D eigenvalue weighted by atomic mass is 14.4. The molecule has 2 aliphatic carbocycles. The van der Waals surface area contributed by atoms with E-state index < -0.39 is 0 Å². The van der Waals surface area contributed by atoms with Gasteiger partial charge in [-0.05, 0) is 162 Å². The molecule has 0 bridgehead atoms. The minimum Gasteiger partial charge on any atom is -0.0616 e. The summed E-state index contributed by atoms with van der Waals surface area (Å²) >= 11 is 0. The third-order valence-corrected chi connectivity index (χ3v) is 13.8. The second-order valence-corrected chi connectivity index (χ2v) is 17.2. The zero-order chi connectivity index (χ0) is 39.0. The lowest BCUT2D eigenvalue weighted by atomic mass is 9.79. The number of benzene rings is 11. The van der Waals surface area contributed by atoms with Gasteiger partial charge in [0.05, 0.1) is 0 Å². The molecule has 0 unspecified atom stereocenters. The summed E-state index contributed by atoms with van der Waals surface area (Å²) in [5, 5.41) is 12.9. The van der Waals surface area contributed by atoms with Gasteiger partial charge in [-0.1, -0.05) is 178 Å². The Hall–Kier alpha value is -7.28. The molecule has 0 nitrogen and oxygen atoms in total. The molecule has 0 heteroatoms. The molecular formula is C59H38. The van der Waals surface area contributed by atoms with Crippen LogP contribution in [0.1, 0.15) is 25.0 Å². The second kappa shape index (κ2) is 11.9. The van der Waals surface area contributed by atoms with Gasteiger partial charge in [-0.3, -0.25) is 0 Å². The Morgan fingerprint density at radius 2 is 0.746 bits per heavy atom. The van der Waals surface area contributed by atoms with Crippen molar-refractivity contribution in [1.82, 2.24) is 0 Å². The van der Waals surface area contributed by atoms with E-state index in [-0.39, 0.29) is 5.41 Å². The van der Waals surface area contributed by atoms with E-state index in [0.29, 0.717) is 0 Å². The summed E-state index contributed by atoms with van der Waals surface area (Å²) < 4.78 is 0. The fraction of sp³-hybridized carbons (Fsp3) is 0.0508. The first-order valence-corrected chi connectivity index (χ1v) is 20.8. The second-order valence-electron chi connectivity index (χ2n) is 17.2. The number of fused-ring (bicyclic) bond motifs is 10. The summed E-state index contributed by atoms with van der Waals surface area (Å²) in [4.78, 5) is 0. The molecule has 0 amide bonds. The van der Waals surface area contributed by atoms with Gasteiger partial charge in [0.15, 0.2) is 0 Å². The molecule has 0 fully saturated rings. The predicted octanol–water partition coefficient (Wildman–Crippen LogP) is 16.4. The molecule has 0 saturated heterocycles. The van der Waals surface area contributed by atoms with Crippen LogP contribution in [0.25, 0.3) is 121 Å². The molecule has 0 spiro atoms. The van der Waals surface area contributed by atoms with E-state index >= 15 is 0 Å². The molecule has 0 radical (unpaired) electrons. The maximum atomic E-state index is 2.56. The lowest BCUT2D eigenvalue weighted by Crippen LogP contribution is -2.15. The van der Waals surface area contributed by atoms with Gasteiger partial charge >= 0.3 is 0 Å². The Labute approximate surface area is 343 Å². The lowest BCUT2D eigenvalue weighted by Gasteiger charge is -2.24. The van der Waals surface area contributed by atoms with Crippen molar-refractivity contribution in [2.24, 2.45) is 0 Å². The van der Waals surface area contributed by atoms with Crippen LogP contribution in [0, 0.1) is 0 Å². The number of hydrogen-bond donors (Lipinski definition) is 0. The molecule has 0 N–H and O–H groups in total. The Morgan fingerprint density at radius 3 is 1.41 bits per heavy atom. The van der Waals surface area contributed by atoms with Crippen LogP contribution in [-0.4, -0.2) is 0 Å². The van der Waals surface area contributed by atoms with Gasteiger partial charge in [0.2, 0.25) is 0 Å². The van der Waals surface area contributed by atoms with Gasteiger partial charge < -0.3 is 0 Å². The first-order chi connectivity index (χ1) is 29.0. The maximum Gasteiger partial charge on any atom is 0.0159 e. The van der Waals surface area contributed by atoms with Crippen LogP contribution < -0.4 is 0 Å². The van der Waals surface area contributed by atoms with Crippen LogP contribution >= 0.6 is 0 Å². The van der Waals surface area contributed by atoms with Crippen molar-refractivity contribution in [3.63, 3.8) is 0 Å². The Bertz CT molecular complexity index is 3600. The quantitative estimate of drug-likeness (QED) is 0.158. The minimum absolute atomic E-state index is 0.213. The van der Waals surface area contributed by atoms with E-state index in [1.54, 1.807) is 0 Å². The molecular weight excluding hydrogens is 709 g/mol. The van der Waals surface area contributed by atoms with Crippen molar-refractivity contribution >= 4 is 53.9 Å². The highest BCUT2D eigenvalue weighted by molar-refractivity contribution is 6.23. The van der Waals surface area contributed by atoms with Crippen molar-refractivity contribution in [3.8, 4) is 66.8 Å². The average Bonchev–Trinajstić information content (AvgIpc) is 3.72. The molecule has 0 saturated carbocycles. The summed E-state index contributed by atoms with van der Waals surface area (Å²) in [7, 11) is 0. The monoisotopic (exact) mass is 746 g/mol. The van der Waals surface area contributed by atoms with Crippen LogP contribution in [0.2, 0.25) is 0 Å². The zero-order valence-electron chi connectivity index (χ0n) is 33.0. The fourth-order valence-electron chi connectivity index (χ4n) is 10.9. The third kappa shape index (κ3) is 4.55. The third-order valence-electron chi connectivity index (χ3n) is 13.8. The van der Waals surface area contributed by atoms with Gasteiger partial charge in [0.25, 0.3) is 0 Å². The van der Waals surface area contributed by atoms with Crippen LogP contribution in [0.15, 0.2) is 194 Å². The predicted molar refractivity (Wildman–Crippen MR) is 252 cm³/mol. The first-order valence-electron chi connectivity index (χ1n) is 20.8. The summed E-state index contributed by atoms with van der Waals surface area (Å²) in [6, 6.07) is 73.3. The number of rotatable bonds is 3. The maximum absolute atomic E-state index is 2.56. The Kier molecular flexibility index (Phi) is 6.60. The van der Waals surface area contributed by atoms with Crippen molar-refractivity contribution in [2.75, 3.05) is 0 Å². The van der Waals surface area contributed by atoms with Crippen molar-refractivity contribution in [2.45, 2.75) is 19.3 Å². The molecule has 0 heterocycles. The van der Waals surface area contributed by atoms with Gasteiger partial charge in [-0.25, -0.2) is 0 Å². The molecule has 0 aromatic heterocycles. The summed E-state index contributed by atoms with van der Waals surface area (Å²) in [5.41, 5.74) is 18.2. The minimum atomic E-state index is -0.213. The smallest absolute Gasteiger partial charge is 0.0159 e. The topological polar surface area (TPSA) is 0 Å². The lowest BCUT2D eigenvalue weighted by molar-refractivity contribution is 0.661. The molecule has 274 valence electrons. The molecule has 11 aromatic carbocycles.